The predicted molar refractivity (Wildman–Crippen MR) is 153 cm³/mol. The van der Waals surface area contributed by atoms with Gasteiger partial charge in [0.05, 0.1) is 26.2 Å². The first-order chi connectivity index (χ1) is 16.5. The van der Waals surface area contributed by atoms with E-state index in [9.17, 15) is 0 Å². The zero-order chi connectivity index (χ0) is 25.7. The van der Waals surface area contributed by atoms with Gasteiger partial charge >= 0.3 is 16.5 Å². The van der Waals surface area contributed by atoms with Gasteiger partial charge < -0.3 is 41.6 Å². The maximum Gasteiger partial charge on any atom is 2.00 e. The van der Waals surface area contributed by atoms with Crippen molar-refractivity contribution in [1.82, 2.24) is 0 Å². The average molecular weight is 576 g/mol. The summed E-state index contributed by atoms with van der Waals surface area (Å²) in [6, 6.07) is 15.8. The molecule has 0 bridgehead atoms. The van der Waals surface area contributed by atoms with Crippen LogP contribution in [0.2, 0.25) is 0 Å². The SMILES string of the molecule is CCCC[N+](CCCC)(CCCC)CCCC.[C-]#N.[Ni+2].[S-]c1ccccc1Sc1ccccc1[S-]. The Morgan fingerprint density at radius 3 is 1.17 bits per heavy atom. The topological polar surface area (TPSA) is 23.8 Å². The van der Waals surface area contributed by atoms with Crippen LogP contribution < -0.4 is 0 Å². The van der Waals surface area contributed by atoms with Gasteiger partial charge in [-0.1, -0.05) is 102 Å². The first-order valence-corrected chi connectivity index (χ1v) is 14.4. The van der Waals surface area contributed by atoms with Crippen LogP contribution in [0.15, 0.2) is 68.1 Å². The molecule has 0 fully saturated rings. The summed E-state index contributed by atoms with van der Waals surface area (Å²) in [7, 11) is 0. The van der Waals surface area contributed by atoms with Crippen LogP contribution in [0.4, 0.5) is 0 Å². The molecule has 35 heavy (non-hydrogen) atoms. The van der Waals surface area contributed by atoms with E-state index in [1.165, 1.54) is 82.0 Å². The smallest absolute Gasteiger partial charge is 0.779 e. The van der Waals surface area contributed by atoms with Gasteiger partial charge in [-0.15, -0.1) is 0 Å². The Balaban J connectivity index is 0. The van der Waals surface area contributed by atoms with E-state index >= 15 is 0 Å². The normalized spacial score (nSPS) is 10.2. The minimum Gasteiger partial charge on any atom is -0.779 e. The van der Waals surface area contributed by atoms with Gasteiger partial charge in [0.1, 0.15) is 0 Å². The predicted octanol–water partition coefficient (Wildman–Crippen LogP) is 8.75. The van der Waals surface area contributed by atoms with Crippen molar-refractivity contribution >= 4 is 37.0 Å². The van der Waals surface area contributed by atoms with E-state index in [-0.39, 0.29) is 16.5 Å². The third-order valence-corrected chi connectivity index (χ3v) is 7.98. The fourth-order valence-electron chi connectivity index (χ4n) is 3.83. The third kappa shape index (κ3) is 15.8. The number of quaternary nitrogens is 1. The van der Waals surface area contributed by atoms with Crippen molar-refractivity contribution in [1.29, 1.82) is 5.26 Å². The summed E-state index contributed by atoms with van der Waals surface area (Å²) < 4.78 is 1.42. The maximum absolute atomic E-state index is 6.25. The van der Waals surface area contributed by atoms with Gasteiger partial charge in [0.2, 0.25) is 0 Å². The number of nitrogens with zero attached hydrogens (tertiary/aromatic N) is 2. The van der Waals surface area contributed by atoms with Crippen molar-refractivity contribution < 1.29 is 21.0 Å². The molecule has 0 saturated heterocycles. The van der Waals surface area contributed by atoms with Gasteiger partial charge in [-0.05, 0) is 47.6 Å². The molecule has 0 atom stereocenters. The molecule has 0 radical (unpaired) electrons. The summed E-state index contributed by atoms with van der Waals surface area (Å²) in [6.07, 6.45) is 11.1. The van der Waals surface area contributed by atoms with Crippen LogP contribution in [-0.4, -0.2) is 30.7 Å². The molecular formula is C29H44N2NiS3. The largest absolute Gasteiger partial charge is 2.00 e. The number of hydrogen-bond acceptors (Lipinski definition) is 4. The van der Waals surface area contributed by atoms with E-state index in [4.69, 9.17) is 37.1 Å². The zero-order valence-electron chi connectivity index (χ0n) is 22.0. The Morgan fingerprint density at radius 1 is 0.629 bits per heavy atom. The zero-order valence-corrected chi connectivity index (χ0v) is 25.5. The molecule has 0 aromatic heterocycles. The average Bonchev–Trinajstić information content (AvgIpc) is 2.87. The number of rotatable bonds is 14. The van der Waals surface area contributed by atoms with E-state index in [0.717, 1.165) is 19.6 Å². The summed E-state index contributed by atoms with van der Waals surface area (Å²) >= 11 is 12.1. The molecule has 0 heterocycles. The van der Waals surface area contributed by atoms with Crippen LogP contribution in [0, 0.1) is 11.8 Å². The van der Waals surface area contributed by atoms with Crippen LogP contribution in [0.25, 0.3) is 0 Å². The van der Waals surface area contributed by atoms with Crippen LogP contribution >= 0.6 is 11.8 Å². The summed E-state index contributed by atoms with van der Waals surface area (Å²) in [5.74, 6) is 0. The molecule has 0 N–H and O–H groups in total. The number of hydrogen-bond donors (Lipinski definition) is 0. The summed E-state index contributed by atoms with van der Waals surface area (Å²) in [5.41, 5.74) is 0. The molecule has 6 heteroatoms. The maximum atomic E-state index is 6.25. The molecule has 0 saturated carbocycles. The molecule has 2 rings (SSSR count). The van der Waals surface area contributed by atoms with Crippen LogP contribution in [0.5, 0.6) is 0 Å². The molecule has 2 aromatic carbocycles. The Labute approximate surface area is 242 Å². The second kappa shape index (κ2) is 23.6. The standard InChI is InChI=1S/C16H36N.C12H10S3.CN.Ni/c1-5-9-13-17(14-10-6-2,15-11-7-3)16-12-8-4;13-9-5-1-3-7-11(9)15-12-8-4-2-6-10(12)14;1-2;/h5-16H2,1-4H3;1-8,13-14H;;/q+1;;-1;+2/p-2. The van der Waals surface area contributed by atoms with Gasteiger partial charge in [-0.2, -0.15) is 9.79 Å². The quantitative estimate of drug-likeness (QED) is 0.0973. The van der Waals surface area contributed by atoms with E-state index in [0.29, 0.717) is 0 Å². The van der Waals surface area contributed by atoms with Crippen LogP contribution in [0.3, 0.4) is 0 Å². The minimum atomic E-state index is 0. The number of benzene rings is 2. The third-order valence-electron chi connectivity index (χ3n) is 5.86. The first-order valence-electron chi connectivity index (χ1n) is 12.8. The molecule has 0 aliphatic carbocycles. The van der Waals surface area contributed by atoms with Crippen molar-refractivity contribution in [3.8, 4) is 0 Å². The molecule has 0 spiro atoms. The summed E-state index contributed by atoms with van der Waals surface area (Å²) in [6.45, 7) is 19.8. The summed E-state index contributed by atoms with van der Waals surface area (Å²) in [4.78, 5) is 3.93. The van der Waals surface area contributed by atoms with E-state index in [1.54, 1.807) is 11.8 Å². The molecule has 2 aromatic rings. The Kier molecular flexibility index (Phi) is 24.5. The fraction of sp³-hybridized carbons (Fsp3) is 0.552. The van der Waals surface area contributed by atoms with E-state index in [2.05, 4.69) is 27.7 Å². The van der Waals surface area contributed by atoms with Crippen molar-refractivity contribution in [3.63, 3.8) is 0 Å². The van der Waals surface area contributed by atoms with Crippen molar-refractivity contribution in [2.75, 3.05) is 26.2 Å². The van der Waals surface area contributed by atoms with Gasteiger partial charge in [0.25, 0.3) is 0 Å². The first kappa shape index (κ1) is 36.3. The van der Waals surface area contributed by atoms with Gasteiger partial charge in [-0.25, -0.2) is 0 Å². The van der Waals surface area contributed by atoms with Crippen molar-refractivity contribution in [2.45, 2.75) is 98.6 Å². The molecule has 0 aliphatic rings. The second-order valence-corrected chi connectivity index (χ2v) is 10.6. The van der Waals surface area contributed by atoms with Gasteiger partial charge in [0, 0.05) is 0 Å². The van der Waals surface area contributed by atoms with Crippen LogP contribution in [-0.2, 0) is 41.7 Å². The van der Waals surface area contributed by atoms with E-state index < -0.39 is 0 Å². The Bertz CT molecular complexity index is 702. The monoisotopic (exact) mass is 574 g/mol. The molecule has 2 nitrogen and oxygen atoms in total. The minimum absolute atomic E-state index is 0. The van der Waals surface area contributed by atoms with Gasteiger partial charge in [-0.3, -0.25) is 0 Å². The Hall–Kier alpha value is -0.826. The molecule has 0 unspecified atom stereocenters. The second-order valence-electron chi connectivity index (χ2n) is 8.65. The molecule has 198 valence electrons. The number of unbranched alkanes of at least 4 members (excludes halogenated alkanes) is 4. The van der Waals surface area contributed by atoms with Crippen LogP contribution in [0.1, 0.15) is 79.1 Å². The van der Waals surface area contributed by atoms with Crippen molar-refractivity contribution in [3.05, 3.63) is 55.1 Å². The van der Waals surface area contributed by atoms with Gasteiger partial charge in [0.15, 0.2) is 0 Å². The van der Waals surface area contributed by atoms with Crippen molar-refractivity contribution in [2.24, 2.45) is 0 Å². The van der Waals surface area contributed by atoms with E-state index in [1.807, 2.05) is 48.5 Å². The fourth-order valence-corrected chi connectivity index (χ4v) is 5.24. The molecule has 0 amide bonds. The Morgan fingerprint density at radius 2 is 0.914 bits per heavy atom. The summed E-state index contributed by atoms with van der Waals surface area (Å²) in [5, 5.41) is 6.25. The molecular weight excluding hydrogens is 531 g/mol. The molecule has 0 aliphatic heterocycles.